The van der Waals surface area contributed by atoms with Crippen molar-refractivity contribution in [1.29, 1.82) is 0 Å². The first-order valence-corrected chi connectivity index (χ1v) is 15.9. The summed E-state index contributed by atoms with van der Waals surface area (Å²) < 4.78 is 6.34. The molecule has 1 N–H and O–H groups in total. The van der Waals surface area contributed by atoms with Gasteiger partial charge in [-0.25, -0.2) is 4.99 Å². The molecule has 43 heavy (non-hydrogen) atoms. The number of thiophene rings is 1. The molecule has 0 saturated carbocycles. The van der Waals surface area contributed by atoms with Crippen molar-refractivity contribution in [2.24, 2.45) is 16.3 Å². The van der Waals surface area contributed by atoms with Crippen LogP contribution in [0.25, 0.3) is 10.8 Å². The van der Waals surface area contributed by atoms with Crippen LogP contribution in [0.3, 0.4) is 0 Å². The van der Waals surface area contributed by atoms with Crippen LogP contribution in [0, 0.1) is 11.3 Å². The summed E-state index contributed by atoms with van der Waals surface area (Å²) in [4.78, 5) is 19.9. The number of benzene rings is 4. The Kier molecular flexibility index (Phi) is 8.38. The number of nitrogens with zero attached hydrogens (tertiary/aromatic N) is 1. The van der Waals surface area contributed by atoms with Crippen LogP contribution in [0.1, 0.15) is 59.1 Å². The van der Waals surface area contributed by atoms with Gasteiger partial charge in [-0.05, 0) is 88.9 Å². The minimum absolute atomic E-state index is 0.137. The summed E-state index contributed by atoms with van der Waals surface area (Å²) in [5.74, 6) is 1.17. The number of rotatable bonds is 7. The van der Waals surface area contributed by atoms with Crippen LogP contribution in [-0.2, 0) is 19.4 Å². The molecular formula is C37H35ClN2O2S. The molecule has 4 nitrogen and oxygen atoms in total. The Morgan fingerprint density at radius 1 is 1.00 bits per heavy atom. The lowest BCUT2D eigenvalue weighted by Gasteiger charge is -2.33. The number of nitrogens with one attached hydrogen (secondary N) is 1. The van der Waals surface area contributed by atoms with Crippen molar-refractivity contribution in [3.05, 3.63) is 123 Å². The van der Waals surface area contributed by atoms with Crippen LogP contribution in [0.4, 0.5) is 10.7 Å². The largest absolute Gasteiger partial charge is 0.488 e. The van der Waals surface area contributed by atoms with E-state index in [4.69, 9.17) is 21.3 Å². The molecule has 1 aromatic heterocycles. The molecule has 1 amide bonds. The monoisotopic (exact) mass is 606 g/mol. The zero-order valence-corrected chi connectivity index (χ0v) is 26.3. The predicted molar refractivity (Wildman–Crippen MR) is 181 cm³/mol. The Balaban J connectivity index is 1.30. The number of amides is 1. The van der Waals surface area contributed by atoms with Gasteiger partial charge in [0.15, 0.2) is 0 Å². The molecule has 0 saturated heterocycles. The zero-order valence-electron chi connectivity index (χ0n) is 24.7. The Labute approximate surface area is 262 Å². The first-order chi connectivity index (χ1) is 20.8. The molecule has 6 rings (SSSR count). The van der Waals surface area contributed by atoms with Gasteiger partial charge in [0.05, 0.1) is 5.56 Å². The second-order valence-electron chi connectivity index (χ2n) is 12.2. The molecule has 5 aromatic rings. The maximum Gasteiger partial charge on any atom is 0.259 e. The van der Waals surface area contributed by atoms with Crippen molar-refractivity contribution in [2.45, 2.75) is 46.6 Å². The molecule has 0 bridgehead atoms. The van der Waals surface area contributed by atoms with Gasteiger partial charge >= 0.3 is 0 Å². The number of halogens is 1. The molecule has 0 fully saturated rings. The van der Waals surface area contributed by atoms with Gasteiger partial charge in [-0.2, -0.15) is 0 Å². The fourth-order valence-corrected chi connectivity index (χ4v) is 7.18. The highest BCUT2D eigenvalue weighted by molar-refractivity contribution is 7.16. The van der Waals surface area contributed by atoms with Gasteiger partial charge in [-0.3, -0.25) is 4.79 Å². The molecular weight excluding hydrogens is 572 g/mol. The Bertz CT molecular complexity index is 1790. The number of para-hydroxylation sites is 1. The van der Waals surface area contributed by atoms with Crippen LogP contribution in [0.5, 0.6) is 5.75 Å². The summed E-state index contributed by atoms with van der Waals surface area (Å²) in [6, 6.07) is 29.7. The third kappa shape index (κ3) is 6.53. The van der Waals surface area contributed by atoms with Gasteiger partial charge in [0.1, 0.15) is 17.4 Å². The van der Waals surface area contributed by atoms with Crippen LogP contribution in [0.2, 0.25) is 5.02 Å². The molecule has 1 atom stereocenters. The van der Waals surface area contributed by atoms with E-state index in [2.05, 4.69) is 68.6 Å². The summed E-state index contributed by atoms with van der Waals surface area (Å²) in [6.07, 6.45) is 4.72. The number of anilines is 1. The fourth-order valence-electron chi connectivity index (χ4n) is 5.78. The Morgan fingerprint density at radius 2 is 1.74 bits per heavy atom. The minimum Gasteiger partial charge on any atom is -0.488 e. The number of aliphatic imine (C=N–C) groups is 1. The van der Waals surface area contributed by atoms with Crippen LogP contribution in [-0.4, -0.2) is 12.1 Å². The summed E-state index contributed by atoms with van der Waals surface area (Å²) in [5.41, 5.74) is 4.71. The first kappa shape index (κ1) is 29.2. The molecule has 6 heteroatoms. The van der Waals surface area contributed by atoms with Crippen molar-refractivity contribution < 1.29 is 9.53 Å². The normalized spacial score (nSPS) is 15.0. The van der Waals surface area contributed by atoms with E-state index < -0.39 is 0 Å². The van der Waals surface area contributed by atoms with E-state index in [1.54, 1.807) is 23.5 Å². The highest BCUT2D eigenvalue weighted by Crippen LogP contribution is 2.45. The lowest BCUT2D eigenvalue weighted by atomic mass is 9.72. The number of hydrogen-bond donors (Lipinski definition) is 1. The first-order valence-electron chi connectivity index (χ1n) is 14.7. The molecule has 1 aliphatic rings. The van der Waals surface area contributed by atoms with Gasteiger partial charge in [0, 0.05) is 27.4 Å². The smallest absolute Gasteiger partial charge is 0.259 e. The van der Waals surface area contributed by atoms with Crippen molar-refractivity contribution in [1.82, 2.24) is 0 Å². The van der Waals surface area contributed by atoms with Gasteiger partial charge in [-0.15, -0.1) is 11.3 Å². The van der Waals surface area contributed by atoms with E-state index in [0.717, 1.165) is 46.7 Å². The van der Waals surface area contributed by atoms with E-state index >= 15 is 0 Å². The van der Waals surface area contributed by atoms with Gasteiger partial charge in [0.25, 0.3) is 5.91 Å². The average Bonchev–Trinajstić information content (AvgIpc) is 3.38. The molecule has 0 radical (unpaired) electrons. The Hall–Kier alpha value is -3.93. The number of carbonyl (C=O) groups excluding carboxylic acids is 1. The third-order valence-electron chi connectivity index (χ3n) is 8.30. The molecule has 1 heterocycles. The molecule has 218 valence electrons. The van der Waals surface area contributed by atoms with Crippen molar-refractivity contribution >= 4 is 56.5 Å². The minimum atomic E-state index is -0.137. The number of ether oxygens (including phenoxy) is 1. The summed E-state index contributed by atoms with van der Waals surface area (Å²) in [7, 11) is 0. The van der Waals surface area contributed by atoms with Gasteiger partial charge in [0.2, 0.25) is 0 Å². The van der Waals surface area contributed by atoms with Crippen molar-refractivity contribution in [3.63, 3.8) is 0 Å². The highest BCUT2D eigenvalue weighted by Gasteiger charge is 2.33. The Morgan fingerprint density at radius 3 is 2.56 bits per heavy atom. The lowest BCUT2D eigenvalue weighted by molar-refractivity contribution is 0.102. The SMILES string of the molecule is CC(C)(C)[C@H]1CCc2c(sc(N=Cc3ccccc3OCc3cccc4ccccc34)c2C(=O)Nc2ccc(Cl)cc2)C1. The summed E-state index contributed by atoms with van der Waals surface area (Å²) in [5, 5.41) is 6.82. The quantitative estimate of drug-likeness (QED) is 0.187. The van der Waals surface area contributed by atoms with E-state index in [-0.39, 0.29) is 11.3 Å². The zero-order chi connectivity index (χ0) is 30.0. The average molecular weight is 607 g/mol. The van der Waals surface area contributed by atoms with Gasteiger partial charge in [-0.1, -0.05) is 87.0 Å². The molecule has 1 aliphatic carbocycles. The fraction of sp³-hybridized carbons (Fsp3) is 0.243. The standard InChI is InChI=1S/C37H35ClN2O2S/c1-37(2,3)27-15-20-31-33(21-27)43-36(34(31)35(41)40-29-18-16-28(38)17-19-29)39-22-25-10-5-7-14-32(25)42-23-26-12-8-11-24-9-4-6-13-30(24)26/h4-14,16-19,22,27H,15,20-21,23H2,1-3H3,(H,40,41)/t27-/m0/s1. The van der Waals surface area contributed by atoms with Crippen molar-refractivity contribution in [2.75, 3.05) is 5.32 Å². The second-order valence-corrected chi connectivity index (χ2v) is 13.7. The van der Waals surface area contributed by atoms with Crippen LogP contribution in [0.15, 0.2) is 96.0 Å². The maximum atomic E-state index is 13.7. The lowest BCUT2D eigenvalue weighted by Crippen LogP contribution is -2.27. The molecule has 0 spiro atoms. The van der Waals surface area contributed by atoms with E-state index in [9.17, 15) is 4.79 Å². The third-order valence-corrected chi connectivity index (χ3v) is 9.72. The maximum absolute atomic E-state index is 13.7. The number of fused-ring (bicyclic) bond motifs is 2. The molecule has 4 aromatic carbocycles. The van der Waals surface area contributed by atoms with E-state index in [0.29, 0.717) is 28.8 Å². The highest BCUT2D eigenvalue weighted by atomic mass is 35.5. The van der Waals surface area contributed by atoms with Crippen molar-refractivity contribution in [3.8, 4) is 5.75 Å². The summed E-state index contributed by atoms with van der Waals surface area (Å²) >= 11 is 7.71. The second kappa shape index (κ2) is 12.4. The molecule has 0 aliphatic heterocycles. The van der Waals surface area contributed by atoms with E-state index in [1.165, 1.54) is 15.6 Å². The molecule has 0 unspecified atom stereocenters. The number of hydrogen-bond acceptors (Lipinski definition) is 4. The van der Waals surface area contributed by atoms with Crippen LogP contribution < -0.4 is 10.1 Å². The van der Waals surface area contributed by atoms with Gasteiger partial charge < -0.3 is 10.1 Å². The van der Waals surface area contributed by atoms with E-state index in [1.807, 2.05) is 42.6 Å². The number of carbonyl (C=O) groups is 1. The van der Waals surface area contributed by atoms with Crippen LogP contribution >= 0.6 is 22.9 Å². The predicted octanol–water partition coefficient (Wildman–Crippen LogP) is 10.3. The summed E-state index contributed by atoms with van der Waals surface area (Å²) in [6.45, 7) is 7.36. The topological polar surface area (TPSA) is 50.7 Å².